The molecule has 0 saturated carbocycles. The minimum Gasteiger partial charge on any atom is -0.493 e. The Bertz CT molecular complexity index is 781. The first-order chi connectivity index (χ1) is 12.3. The van der Waals surface area contributed by atoms with E-state index in [2.05, 4.69) is 5.32 Å². The number of amides is 1. The second-order valence-corrected chi connectivity index (χ2v) is 6.72. The Morgan fingerprint density at radius 2 is 1.73 bits per heavy atom. The van der Waals surface area contributed by atoms with E-state index in [0.717, 1.165) is 11.0 Å². The van der Waals surface area contributed by atoms with Gasteiger partial charge in [-0.2, -0.15) is 13.2 Å². The Morgan fingerprint density at radius 1 is 1.08 bits per heavy atom. The number of rotatable bonds is 6. The first kappa shape index (κ1) is 20.0. The largest absolute Gasteiger partial charge is 0.493 e. The Morgan fingerprint density at radius 3 is 2.35 bits per heavy atom. The average molecular weight is 385 g/mol. The van der Waals surface area contributed by atoms with E-state index in [1.165, 1.54) is 44.2 Å². The molecule has 0 aliphatic heterocycles. The summed E-state index contributed by atoms with van der Waals surface area (Å²) in [5.41, 5.74) is -1.14. The number of benzene rings is 2. The second kappa shape index (κ2) is 8.35. The van der Waals surface area contributed by atoms with E-state index in [4.69, 9.17) is 9.47 Å². The predicted octanol–water partition coefficient (Wildman–Crippen LogP) is 4.84. The SMILES string of the molecule is COc1ccc(S[C@@H](C)C(=O)Nc2ccccc2C(F)(F)F)cc1OC. The predicted molar refractivity (Wildman–Crippen MR) is 94.9 cm³/mol. The minimum atomic E-state index is -4.54. The monoisotopic (exact) mass is 385 g/mol. The lowest BCUT2D eigenvalue weighted by Crippen LogP contribution is -2.24. The Labute approximate surface area is 153 Å². The molecule has 0 unspecified atom stereocenters. The van der Waals surface area contributed by atoms with E-state index in [1.54, 1.807) is 25.1 Å². The molecule has 0 heterocycles. The van der Waals surface area contributed by atoms with Crippen LogP contribution in [-0.2, 0) is 11.0 Å². The topological polar surface area (TPSA) is 47.6 Å². The van der Waals surface area contributed by atoms with E-state index in [9.17, 15) is 18.0 Å². The smallest absolute Gasteiger partial charge is 0.418 e. The first-order valence-electron chi connectivity index (χ1n) is 7.62. The van der Waals surface area contributed by atoms with E-state index in [1.807, 2.05) is 0 Å². The lowest BCUT2D eigenvalue weighted by atomic mass is 10.1. The third-order valence-corrected chi connectivity index (χ3v) is 4.62. The maximum absolute atomic E-state index is 13.0. The van der Waals surface area contributed by atoms with Crippen LogP contribution >= 0.6 is 11.8 Å². The zero-order valence-corrected chi connectivity index (χ0v) is 15.2. The molecule has 2 rings (SSSR count). The first-order valence-corrected chi connectivity index (χ1v) is 8.50. The van der Waals surface area contributed by atoms with Crippen LogP contribution in [-0.4, -0.2) is 25.4 Å². The van der Waals surface area contributed by atoms with Crippen molar-refractivity contribution in [3.63, 3.8) is 0 Å². The highest BCUT2D eigenvalue weighted by Gasteiger charge is 2.33. The minimum absolute atomic E-state index is 0.259. The number of carbonyl (C=O) groups excluding carboxylic acids is 1. The van der Waals surface area contributed by atoms with Gasteiger partial charge in [0.1, 0.15) is 0 Å². The molecule has 0 spiro atoms. The van der Waals surface area contributed by atoms with Crippen LogP contribution in [0.3, 0.4) is 0 Å². The maximum Gasteiger partial charge on any atom is 0.418 e. The highest BCUT2D eigenvalue weighted by Crippen LogP contribution is 2.36. The van der Waals surface area contributed by atoms with Gasteiger partial charge in [-0.05, 0) is 37.3 Å². The lowest BCUT2D eigenvalue weighted by molar-refractivity contribution is -0.137. The normalized spacial score (nSPS) is 12.4. The van der Waals surface area contributed by atoms with Gasteiger partial charge in [0, 0.05) is 4.90 Å². The third kappa shape index (κ3) is 4.85. The molecule has 0 aromatic heterocycles. The van der Waals surface area contributed by atoms with Crippen molar-refractivity contribution in [2.75, 3.05) is 19.5 Å². The number of para-hydroxylation sites is 1. The molecule has 1 atom stereocenters. The quantitative estimate of drug-likeness (QED) is 0.723. The summed E-state index contributed by atoms with van der Waals surface area (Å²) >= 11 is 1.20. The van der Waals surface area contributed by atoms with Gasteiger partial charge in [-0.1, -0.05) is 12.1 Å². The summed E-state index contributed by atoms with van der Waals surface area (Å²) in [6.07, 6.45) is -4.54. The van der Waals surface area contributed by atoms with Crippen molar-refractivity contribution >= 4 is 23.4 Å². The number of carbonyl (C=O) groups is 1. The van der Waals surface area contributed by atoms with Crippen LogP contribution in [0.2, 0.25) is 0 Å². The molecule has 2 aromatic rings. The van der Waals surface area contributed by atoms with Crippen LogP contribution < -0.4 is 14.8 Å². The second-order valence-electron chi connectivity index (χ2n) is 5.31. The van der Waals surface area contributed by atoms with Crippen molar-refractivity contribution < 1.29 is 27.4 Å². The summed E-state index contributed by atoms with van der Waals surface area (Å²) in [5.74, 6) is 0.530. The summed E-state index contributed by atoms with van der Waals surface area (Å²) in [7, 11) is 3.01. The lowest BCUT2D eigenvalue weighted by Gasteiger charge is -2.16. The van der Waals surface area contributed by atoms with E-state index < -0.39 is 22.9 Å². The molecule has 0 fully saturated rings. The Hall–Kier alpha value is -2.35. The highest BCUT2D eigenvalue weighted by atomic mass is 32.2. The van der Waals surface area contributed by atoms with Gasteiger partial charge in [0.05, 0.1) is 30.7 Å². The summed E-state index contributed by atoms with van der Waals surface area (Å²) < 4.78 is 49.4. The molecule has 0 bridgehead atoms. The van der Waals surface area contributed by atoms with Crippen molar-refractivity contribution in [2.24, 2.45) is 0 Å². The fourth-order valence-corrected chi connectivity index (χ4v) is 3.12. The van der Waals surface area contributed by atoms with Crippen molar-refractivity contribution in [1.82, 2.24) is 0 Å². The number of halogens is 3. The summed E-state index contributed by atoms with van der Waals surface area (Å²) in [6.45, 7) is 1.62. The molecular weight excluding hydrogens is 367 g/mol. The zero-order chi connectivity index (χ0) is 19.3. The van der Waals surface area contributed by atoms with E-state index in [-0.39, 0.29) is 5.69 Å². The van der Waals surface area contributed by atoms with Crippen LogP contribution in [0.15, 0.2) is 47.4 Å². The highest BCUT2D eigenvalue weighted by molar-refractivity contribution is 8.00. The van der Waals surface area contributed by atoms with Crippen LogP contribution in [0, 0.1) is 0 Å². The molecule has 4 nitrogen and oxygen atoms in total. The summed E-state index contributed by atoms with van der Waals surface area (Å²) in [4.78, 5) is 13.0. The van der Waals surface area contributed by atoms with Gasteiger partial charge in [-0.25, -0.2) is 0 Å². The number of methoxy groups -OCH3 is 2. The number of ether oxygens (including phenoxy) is 2. The van der Waals surface area contributed by atoms with Crippen molar-refractivity contribution in [3.05, 3.63) is 48.0 Å². The van der Waals surface area contributed by atoms with Gasteiger partial charge in [-0.15, -0.1) is 11.8 Å². The molecule has 1 amide bonds. The number of thioether (sulfide) groups is 1. The van der Waals surface area contributed by atoms with Crippen molar-refractivity contribution in [2.45, 2.75) is 23.2 Å². The fraction of sp³-hybridized carbons (Fsp3) is 0.278. The maximum atomic E-state index is 13.0. The van der Waals surface area contributed by atoms with Crippen LogP contribution in [0.5, 0.6) is 11.5 Å². The molecular formula is C18H18F3NO3S. The molecule has 8 heteroatoms. The number of anilines is 1. The molecule has 2 aromatic carbocycles. The van der Waals surface area contributed by atoms with Crippen LogP contribution in [0.4, 0.5) is 18.9 Å². The molecule has 140 valence electrons. The molecule has 0 aliphatic carbocycles. The number of hydrogen-bond acceptors (Lipinski definition) is 4. The van der Waals surface area contributed by atoms with Crippen LogP contribution in [0.25, 0.3) is 0 Å². The fourth-order valence-electron chi connectivity index (χ4n) is 2.22. The van der Waals surface area contributed by atoms with Gasteiger partial charge in [0.15, 0.2) is 11.5 Å². The standard InChI is InChI=1S/C18H18F3NO3S/c1-11(26-12-8-9-15(24-2)16(10-12)25-3)17(23)22-14-7-5-4-6-13(14)18(19,20)21/h4-11H,1-3H3,(H,22,23)/t11-/m0/s1. The molecule has 1 N–H and O–H groups in total. The number of hydrogen-bond donors (Lipinski definition) is 1. The molecule has 26 heavy (non-hydrogen) atoms. The Balaban J connectivity index is 2.12. The van der Waals surface area contributed by atoms with Crippen LogP contribution in [0.1, 0.15) is 12.5 Å². The Kier molecular flexibility index (Phi) is 6.42. The van der Waals surface area contributed by atoms with Crippen molar-refractivity contribution in [3.8, 4) is 11.5 Å². The summed E-state index contributed by atoms with van der Waals surface area (Å²) in [5, 5.41) is 1.74. The van der Waals surface area contributed by atoms with Gasteiger partial charge >= 0.3 is 6.18 Å². The molecule has 0 aliphatic rings. The van der Waals surface area contributed by atoms with Gasteiger partial charge in [-0.3, -0.25) is 4.79 Å². The van der Waals surface area contributed by atoms with E-state index >= 15 is 0 Å². The average Bonchev–Trinajstić information content (AvgIpc) is 2.61. The van der Waals surface area contributed by atoms with Gasteiger partial charge in [0.25, 0.3) is 0 Å². The van der Waals surface area contributed by atoms with Crippen molar-refractivity contribution in [1.29, 1.82) is 0 Å². The number of nitrogens with one attached hydrogen (secondary N) is 1. The van der Waals surface area contributed by atoms with Gasteiger partial charge < -0.3 is 14.8 Å². The number of alkyl halides is 3. The third-order valence-electron chi connectivity index (χ3n) is 3.53. The summed E-state index contributed by atoms with van der Waals surface area (Å²) in [6, 6.07) is 10.0. The van der Waals surface area contributed by atoms with Gasteiger partial charge in [0.2, 0.25) is 5.91 Å². The van der Waals surface area contributed by atoms with E-state index in [0.29, 0.717) is 11.5 Å². The molecule has 0 radical (unpaired) electrons. The molecule has 0 saturated heterocycles. The zero-order valence-electron chi connectivity index (χ0n) is 14.4.